The summed E-state index contributed by atoms with van der Waals surface area (Å²) in [7, 11) is 3.63. The number of hydrogen-bond donors (Lipinski definition) is 1. The van der Waals surface area contributed by atoms with Crippen LogP contribution >= 0.6 is 0 Å². The van der Waals surface area contributed by atoms with Gasteiger partial charge in [-0.15, -0.1) is 0 Å². The van der Waals surface area contributed by atoms with Crippen LogP contribution in [0.25, 0.3) is 0 Å². The van der Waals surface area contributed by atoms with Gasteiger partial charge >= 0.3 is 0 Å². The highest BCUT2D eigenvalue weighted by Gasteiger charge is 2.23. The number of aryl methyl sites for hydroxylation is 2. The number of ether oxygens (including phenoxy) is 1. The molecular weight excluding hydrogens is 226 g/mol. The summed E-state index contributed by atoms with van der Waals surface area (Å²) >= 11 is 0. The van der Waals surface area contributed by atoms with E-state index in [1.165, 1.54) is 11.1 Å². The van der Waals surface area contributed by atoms with Crippen molar-refractivity contribution in [1.82, 2.24) is 9.78 Å². The quantitative estimate of drug-likeness (QED) is 0.900. The van der Waals surface area contributed by atoms with Crippen molar-refractivity contribution in [2.75, 3.05) is 12.4 Å². The maximum absolute atomic E-state index is 5.29. The van der Waals surface area contributed by atoms with Crippen LogP contribution in [0.1, 0.15) is 23.6 Å². The van der Waals surface area contributed by atoms with Crippen molar-refractivity contribution in [1.29, 1.82) is 0 Å². The van der Waals surface area contributed by atoms with Gasteiger partial charge in [0.2, 0.25) is 0 Å². The molecule has 4 nitrogen and oxygen atoms in total. The molecule has 1 atom stereocenters. The van der Waals surface area contributed by atoms with Crippen molar-refractivity contribution >= 4 is 5.82 Å². The Bertz CT molecular complexity index is 562. The van der Waals surface area contributed by atoms with Gasteiger partial charge in [-0.25, -0.2) is 0 Å². The van der Waals surface area contributed by atoms with Crippen LogP contribution in [0.4, 0.5) is 5.82 Å². The Morgan fingerprint density at radius 1 is 1.39 bits per heavy atom. The summed E-state index contributed by atoms with van der Waals surface area (Å²) < 4.78 is 7.10. The molecule has 94 valence electrons. The van der Waals surface area contributed by atoms with Gasteiger partial charge in [-0.05, 0) is 36.1 Å². The van der Waals surface area contributed by atoms with Gasteiger partial charge in [0.25, 0.3) is 0 Å². The molecule has 4 heteroatoms. The van der Waals surface area contributed by atoms with E-state index < -0.39 is 0 Å². The lowest BCUT2D eigenvalue weighted by Gasteiger charge is -2.14. The van der Waals surface area contributed by atoms with Crippen LogP contribution in [0.15, 0.2) is 30.5 Å². The molecule has 1 heterocycles. The summed E-state index contributed by atoms with van der Waals surface area (Å²) in [6.45, 7) is 0. The van der Waals surface area contributed by atoms with E-state index in [9.17, 15) is 0 Å². The second-order valence-corrected chi connectivity index (χ2v) is 4.67. The van der Waals surface area contributed by atoms with E-state index >= 15 is 0 Å². The smallest absolute Gasteiger partial charge is 0.148 e. The fraction of sp³-hybridized carbons (Fsp3) is 0.357. The molecule has 2 aromatic rings. The number of anilines is 1. The highest BCUT2D eigenvalue weighted by Crippen LogP contribution is 2.35. The molecule has 0 saturated heterocycles. The van der Waals surface area contributed by atoms with E-state index in [4.69, 9.17) is 4.74 Å². The van der Waals surface area contributed by atoms with Crippen molar-refractivity contribution in [3.8, 4) is 5.75 Å². The first kappa shape index (κ1) is 11.1. The molecule has 1 aliphatic rings. The third-order valence-electron chi connectivity index (χ3n) is 3.47. The number of methoxy groups -OCH3 is 1. The van der Waals surface area contributed by atoms with E-state index in [2.05, 4.69) is 22.5 Å². The molecule has 0 spiro atoms. The lowest BCUT2D eigenvalue weighted by Crippen LogP contribution is -2.08. The van der Waals surface area contributed by atoms with Gasteiger partial charge in [0.1, 0.15) is 11.6 Å². The number of nitrogens with zero attached hydrogens (tertiary/aromatic N) is 2. The lowest BCUT2D eigenvalue weighted by atomic mass is 10.1. The number of hydrogen-bond acceptors (Lipinski definition) is 3. The average molecular weight is 243 g/mol. The van der Waals surface area contributed by atoms with Crippen LogP contribution in [-0.4, -0.2) is 16.9 Å². The fourth-order valence-corrected chi connectivity index (χ4v) is 2.53. The van der Waals surface area contributed by atoms with Gasteiger partial charge < -0.3 is 10.1 Å². The number of aromatic nitrogens is 2. The SMILES string of the molecule is COc1ccc2c(c1)C(Nc1ccn(C)n1)CC2. The molecule has 1 aliphatic carbocycles. The first-order valence-corrected chi connectivity index (χ1v) is 6.19. The molecule has 3 rings (SSSR count). The largest absolute Gasteiger partial charge is 0.497 e. The summed E-state index contributed by atoms with van der Waals surface area (Å²) in [6, 6.07) is 8.65. The zero-order chi connectivity index (χ0) is 12.5. The van der Waals surface area contributed by atoms with Crippen molar-refractivity contribution in [2.24, 2.45) is 7.05 Å². The van der Waals surface area contributed by atoms with Gasteiger partial charge in [0.15, 0.2) is 0 Å². The van der Waals surface area contributed by atoms with Gasteiger partial charge in [0, 0.05) is 19.3 Å². The predicted octanol–water partition coefficient (Wildman–Crippen LogP) is 2.53. The average Bonchev–Trinajstić information content (AvgIpc) is 2.96. The molecule has 18 heavy (non-hydrogen) atoms. The molecule has 0 aliphatic heterocycles. The third-order valence-corrected chi connectivity index (χ3v) is 3.47. The zero-order valence-corrected chi connectivity index (χ0v) is 10.7. The number of fused-ring (bicyclic) bond motifs is 1. The maximum atomic E-state index is 5.29. The van der Waals surface area contributed by atoms with E-state index in [1.807, 2.05) is 30.1 Å². The third kappa shape index (κ3) is 1.94. The summed E-state index contributed by atoms with van der Waals surface area (Å²) in [5.41, 5.74) is 2.74. The summed E-state index contributed by atoms with van der Waals surface area (Å²) in [6.07, 6.45) is 4.17. The molecule has 1 unspecified atom stereocenters. The Morgan fingerprint density at radius 3 is 3.00 bits per heavy atom. The Hall–Kier alpha value is -1.97. The molecule has 0 amide bonds. The predicted molar refractivity (Wildman–Crippen MR) is 70.9 cm³/mol. The number of rotatable bonds is 3. The van der Waals surface area contributed by atoms with Crippen LogP contribution < -0.4 is 10.1 Å². The Labute approximate surface area is 107 Å². The normalized spacial score (nSPS) is 17.6. The molecule has 0 bridgehead atoms. The standard InChI is InChI=1S/C14H17N3O/c1-17-8-7-14(16-17)15-13-6-4-10-3-5-11(18-2)9-12(10)13/h3,5,7-9,13H,4,6H2,1-2H3,(H,15,16). The summed E-state index contributed by atoms with van der Waals surface area (Å²) in [4.78, 5) is 0. The molecule has 0 radical (unpaired) electrons. The van der Waals surface area contributed by atoms with E-state index in [0.717, 1.165) is 24.4 Å². The minimum atomic E-state index is 0.338. The van der Waals surface area contributed by atoms with Crippen molar-refractivity contribution in [3.63, 3.8) is 0 Å². The summed E-state index contributed by atoms with van der Waals surface area (Å²) in [5.74, 6) is 1.85. The van der Waals surface area contributed by atoms with Crippen LogP contribution in [-0.2, 0) is 13.5 Å². The first-order valence-electron chi connectivity index (χ1n) is 6.19. The van der Waals surface area contributed by atoms with E-state index in [-0.39, 0.29) is 0 Å². The molecule has 1 aromatic heterocycles. The van der Waals surface area contributed by atoms with Crippen LogP contribution in [0.5, 0.6) is 5.75 Å². The fourth-order valence-electron chi connectivity index (χ4n) is 2.53. The Morgan fingerprint density at radius 2 is 2.28 bits per heavy atom. The van der Waals surface area contributed by atoms with Crippen LogP contribution in [0, 0.1) is 0 Å². The minimum absolute atomic E-state index is 0.338. The van der Waals surface area contributed by atoms with Crippen molar-refractivity contribution in [3.05, 3.63) is 41.6 Å². The van der Waals surface area contributed by atoms with E-state index in [0.29, 0.717) is 6.04 Å². The maximum Gasteiger partial charge on any atom is 0.148 e. The highest BCUT2D eigenvalue weighted by molar-refractivity contribution is 5.46. The summed E-state index contributed by atoms with van der Waals surface area (Å²) in [5, 5.41) is 7.85. The zero-order valence-electron chi connectivity index (χ0n) is 10.7. The van der Waals surface area contributed by atoms with Gasteiger partial charge in [0.05, 0.1) is 13.2 Å². The highest BCUT2D eigenvalue weighted by atomic mass is 16.5. The molecule has 1 aromatic carbocycles. The molecular formula is C14H17N3O. The van der Waals surface area contributed by atoms with E-state index in [1.54, 1.807) is 7.11 Å². The van der Waals surface area contributed by atoms with Crippen molar-refractivity contribution < 1.29 is 4.74 Å². The first-order chi connectivity index (χ1) is 8.76. The van der Waals surface area contributed by atoms with Gasteiger partial charge in [-0.3, -0.25) is 4.68 Å². The Balaban J connectivity index is 1.85. The Kier molecular flexibility index (Phi) is 2.70. The van der Waals surface area contributed by atoms with Crippen molar-refractivity contribution in [2.45, 2.75) is 18.9 Å². The second-order valence-electron chi connectivity index (χ2n) is 4.67. The second kappa shape index (κ2) is 4.37. The molecule has 0 fully saturated rings. The number of benzene rings is 1. The lowest BCUT2D eigenvalue weighted by molar-refractivity contribution is 0.414. The van der Waals surface area contributed by atoms with Crippen LogP contribution in [0.2, 0.25) is 0 Å². The van der Waals surface area contributed by atoms with Crippen LogP contribution in [0.3, 0.4) is 0 Å². The topological polar surface area (TPSA) is 39.1 Å². The van der Waals surface area contributed by atoms with Gasteiger partial charge in [-0.1, -0.05) is 6.07 Å². The minimum Gasteiger partial charge on any atom is -0.497 e. The number of nitrogens with one attached hydrogen (secondary N) is 1. The van der Waals surface area contributed by atoms with Gasteiger partial charge in [-0.2, -0.15) is 5.10 Å². The molecule has 0 saturated carbocycles. The monoisotopic (exact) mass is 243 g/mol. The molecule has 1 N–H and O–H groups in total.